The average molecular weight is 722 g/mol. The SMILES string of the molecule is CCCCc1nnc(OCC2CN(C)CCC2(F)F)cc1-c1ccc(OC2CCCCC2)cc1.COCOCC1CNCCC1O.Cl.Cl. The van der Waals surface area contributed by atoms with Crippen molar-refractivity contribution in [3.8, 4) is 22.8 Å². The molecule has 1 saturated carbocycles. The largest absolute Gasteiger partial charge is 0.490 e. The van der Waals surface area contributed by atoms with Crippen molar-refractivity contribution in [2.75, 3.05) is 60.3 Å². The molecule has 1 aromatic carbocycles. The predicted octanol–water partition coefficient (Wildman–Crippen LogP) is 6.58. The quantitative estimate of drug-likeness (QED) is 0.176. The predicted molar refractivity (Wildman–Crippen MR) is 189 cm³/mol. The van der Waals surface area contributed by atoms with Crippen LogP contribution in [-0.2, 0) is 15.9 Å². The van der Waals surface area contributed by atoms with Crippen LogP contribution in [0.25, 0.3) is 11.1 Å². The van der Waals surface area contributed by atoms with Crippen LogP contribution in [0.15, 0.2) is 30.3 Å². The standard InChI is InChI=1S/C27H37F2N3O2.C8H17NO3.2ClH/c1-3-4-10-25-24(20-11-13-23(14-12-20)34-22-8-6-5-7-9-22)17-26(31-30-25)33-19-21-18-32(2)16-15-27(21,28)29;1-11-6-12-5-7-4-9-3-2-8(7)10;;/h11-14,17,21-22H,3-10,15-16,18-19H2,1-2H3;7-10H,2-6H2,1H3;2*1H. The van der Waals surface area contributed by atoms with E-state index in [2.05, 4.69) is 22.4 Å². The maximum atomic E-state index is 14.3. The fourth-order valence-corrected chi connectivity index (χ4v) is 6.20. The second-order valence-electron chi connectivity index (χ2n) is 12.9. The van der Waals surface area contributed by atoms with Gasteiger partial charge in [0.25, 0.3) is 5.92 Å². The summed E-state index contributed by atoms with van der Waals surface area (Å²) in [6.45, 7) is 5.40. The van der Waals surface area contributed by atoms with Gasteiger partial charge < -0.3 is 34.3 Å². The summed E-state index contributed by atoms with van der Waals surface area (Å²) in [5, 5.41) is 21.3. The number of halogens is 4. The zero-order chi connectivity index (χ0) is 32.8. The van der Waals surface area contributed by atoms with Crippen molar-refractivity contribution < 1.29 is 32.8 Å². The molecule has 3 fully saturated rings. The first kappa shape index (κ1) is 42.3. The van der Waals surface area contributed by atoms with E-state index in [1.54, 1.807) is 7.11 Å². The number of alkyl halides is 2. The van der Waals surface area contributed by atoms with E-state index >= 15 is 0 Å². The molecule has 5 rings (SSSR count). The minimum absolute atomic E-state index is 0. The lowest BCUT2D eigenvalue weighted by Crippen LogP contribution is -2.47. The number of aryl methyl sites for hydroxylation is 1. The van der Waals surface area contributed by atoms with Gasteiger partial charge in [-0.2, -0.15) is 5.10 Å². The molecule has 0 amide bonds. The summed E-state index contributed by atoms with van der Waals surface area (Å²) in [5.41, 5.74) is 2.85. The number of aliphatic hydroxyl groups excluding tert-OH is 1. The molecule has 48 heavy (non-hydrogen) atoms. The fraction of sp³-hybridized carbons (Fsp3) is 0.714. The van der Waals surface area contributed by atoms with Crippen molar-refractivity contribution in [3.63, 3.8) is 0 Å². The molecular weight excluding hydrogens is 665 g/mol. The van der Waals surface area contributed by atoms with Gasteiger partial charge >= 0.3 is 0 Å². The van der Waals surface area contributed by atoms with E-state index < -0.39 is 11.8 Å². The zero-order valence-electron chi connectivity index (χ0n) is 28.7. The molecule has 3 heterocycles. The summed E-state index contributed by atoms with van der Waals surface area (Å²) in [6, 6.07) is 9.94. The highest BCUT2D eigenvalue weighted by Crippen LogP contribution is 2.34. The zero-order valence-corrected chi connectivity index (χ0v) is 30.3. The van der Waals surface area contributed by atoms with E-state index in [-0.39, 0.29) is 49.9 Å². The van der Waals surface area contributed by atoms with Crippen LogP contribution in [0.3, 0.4) is 0 Å². The van der Waals surface area contributed by atoms with Gasteiger partial charge in [-0.05, 0) is 76.2 Å². The molecule has 0 radical (unpaired) electrons. The number of piperidine rings is 2. The van der Waals surface area contributed by atoms with Crippen LogP contribution in [0.5, 0.6) is 11.6 Å². The lowest BCUT2D eigenvalue weighted by molar-refractivity contribution is -0.113. The summed E-state index contributed by atoms with van der Waals surface area (Å²) in [5.74, 6) is -2.19. The van der Waals surface area contributed by atoms with E-state index in [0.29, 0.717) is 38.5 Å². The number of methoxy groups -OCH3 is 1. The number of unbranched alkanes of at least 4 members (excludes halogenated alkanes) is 1. The number of rotatable bonds is 13. The van der Waals surface area contributed by atoms with Crippen molar-refractivity contribution >= 4 is 24.8 Å². The number of ether oxygens (including phenoxy) is 4. The number of hydrogen-bond donors (Lipinski definition) is 2. The minimum Gasteiger partial charge on any atom is -0.490 e. The van der Waals surface area contributed by atoms with Crippen molar-refractivity contribution in [1.82, 2.24) is 20.4 Å². The summed E-state index contributed by atoms with van der Waals surface area (Å²) >= 11 is 0. The van der Waals surface area contributed by atoms with E-state index in [0.717, 1.165) is 74.2 Å². The Morgan fingerprint density at radius 1 is 1.04 bits per heavy atom. The number of nitrogens with one attached hydrogen (secondary N) is 1. The maximum Gasteiger partial charge on any atom is 0.256 e. The summed E-state index contributed by atoms with van der Waals surface area (Å²) in [6.07, 6.45) is 9.64. The summed E-state index contributed by atoms with van der Waals surface area (Å²) < 4.78 is 50.5. The van der Waals surface area contributed by atoms with Crippen LogP contribution >= 0.6 is 24.8 Å². The van der Waals surface area contributed by atoms with Crippen molar-refractivity contribution in [2.24, 2.45) is 11.8 Å². The highest BCUT2D eigenvalue weighted by molar-refractivity contribution is 5.85. The lowest BCUT2D eigenvalue weighted by Gasteiger charge is -2.36. The first-order valence-electron chi connectivity index (χ1n) is 17.1. The minimum atomic E-state index is -2.72. The Labute approximate surface area is 297 Å². The molecule has 274 valence electrons. The molecule has 3 aliphatic rings. The first-order valence-corrected chi connectivity index (χ1v) is 17.1. The van der Waals surface area contributed by atoms with Crippen LogP contribution in [0, 0.1) is 11.8 Å². The Morgan fingerprint density at radius 2 is 1.79 bits per heavy atom. The van der Waals surface area contributed by atoms with Crippen LogP contribution in [-0.4, -0.2) is 98.7 Å². The van der Waals surface area contributed by atoms with Gasteiger partial charge in [0.05, 0.1) is 37.0 Å². The van der Waals surface area contributed by atoms with Crippen LogP contribution < -0.4 is 14.8 Å². The third kappa shape index (κ3) is 13.5. The molecule has 3 unspecified atom stereocenters. The molecular formula is C35H56Cl2F2N4O5. The molecule has 3 atom stereocenters. The highest BCUT2D eigenvalue weighted by Gasteiger charge is 2.43. The number of aromatic nitrogens is 2. The Morgan fingerprint density at radius 3 is 2.48 bits per heavy atom. The maximum absolute atomic E-state index is 14.3. The van der Waals surface area contributed by atoms with Crippen LogP contribution in [0.4, 0.5) is 8.78 Å². The van der Waals surface area contributed by atoms with Crippen LogP contribution in [0.1, 0.15) is 70.4 Å². The third-order valence-corrected chi connectivity index (χ3v) is 9.12. The monoisotopic (exact) mass is 720 g/mol. The molecule has 2 saturated heterocycles. The van der Waals surface area contributed by atoms with E-state index in [1.807, 2.05) is 42.3 Å². The number of hydrogen-bond acceptors (Lipinski definition) is 9. The van der Waals surface area contributed by atoms with E-state index in [1.165, 1.54) is 19.3 Å². The van der Waals surface area contributed by atoms with Gasteiger partial charge in [0.15, 0.2) is 0 Å². The van der Waals surface area contributed by atoms with Gasteiger partial charge in [0.1, 0.15) is 12.5 Å². The highest BCUT2D eigenvalue weighted by atomic mass is 35.5. The average Bonchev–Trinajstić information content (AvgIpc) is 3.06. The third-order valence-electron chi connectivity index (χ3n) is 9.12. The van der Waals surface area contributed by atoms with Crippen molar-refractivity contribution in [3.05, 3.63) is 36.0 Å². The number of benzene rings is 1. The van der Waals surface area contributed by atoms with E-state index in [4.69, 9.17) is 18.9 Å². The summed E-state index contributed by atoms with van der Waals surface area (Å²) in [7, 11) is 3.46. The fourth-order valence-electron chi connectivity index (χ4n) is 6.20. The molecule has 2 aromatic rings. The summed E-state index contributed by atoms with van der Waals surface area (Å²) in [4.78, 5) is 1.92. The normalized spacial score (nSPS) is 22.8. The molecule has 9 nitrogen and oxygen atoms in total. The Kier molecular flexibility index (Phi) is 19.4. The topological polar surface area (TPSA) is 98.2 Å². The molecule has 1 aromatic heterocycles. The Bertz CT molecular complexity index is 1160. The van der Waals surface area contributed by atoms with Gasteiger partial charge in [-0.1, -0.05) is 31.9 Å². The van der Waals surface area contributed by atoms with Gasteiger partial charge in [-0.3, -0.25) is 0 Å². The second-order valence-corrected chi connectivity index (χ2v) is 12.9. The van der Waals surface area contributed by atoms with E-state index in [9.17, 15) is 13.9 Å². The first-order chi connectivity index (χ1) is 22.3. The number of nitrogens with zero attached hydrogens (tertiary/aromatic N) is 3. The van der Waals surface area contributed by atoms with Crippen molar-refractivity contribution in [2.45, 2.75) is 89.3 Å². The molecule has 2 N–H and O–H groups in total. The molecule has 13 heteroatoms. The molecule has 2 aliphatic heterocycles. The van der Waals surface area contributed by atoms with Crippen LogP contribution in [0.2, 0.25) is 0 Å². The molecule has 1 aliphatic carbocycles. The number of likely N-dealkylation sites (tertiary alicyclic amines) is 1. The second kappa shape index (κ2) is 22.1. The smallest absolute Gasteiger partial charge is 0.256 e. The Balaban J connectivity index is 0.000000486. The Hall–Kier alpha value is -1.86. The number of aliphatic hydroxyl groups is 1. The molecule has 0 bridgehead atoms. The van der Waals surface area contributed by atoms with Crippen molar-refractivity contribution in [1.29, 1.82) is 0 Å². The van der Waals surface area contributed by atoms with Gasteiger partial charge in [-0.15, -0.1) is 29.9 Å². The van der Waals surface area contributed by atoms with Gasteiger partial charge in [-0.25, -0.2) is 8.78 Å². The van der Waals surface area contributed by atoms with Gasteiger partial charge in [0.2, 0.25) is 5.88 Å². The molecule has 0 spiro atoms. The van der Waals surface area contributed by atoms with Gasteiger partial charge in [0, 0.05) is 50.7 Å². The lowest BCUT2D eigenvalue weighted by atomic mass is 9.95.